The van der Waals surface area contributed by atoms with E-state index in [9.17, 15) is 0 Å². The maximum Gasteiger partial charge on any atom is 0.350 e. The van der Waals surface area contributed by atoms with Gasteiger partial charge in [-0.1, -0.05) is 6.92 Å². The molecule has 0 radical (unpaired) electrons. The molecule has 0 amide bonds. The van der Waals surface area contributed by atoms with E-state index in [0.717, 1.165) is 13.1 Å². The van der Waals surface area contributed by atoms with Gasteiger partial charge in [-0.2, -0.15) is 0 Å². The van der Waals surface area contributed by atoms with E-state index in [2.05, 4.69) is 49.2 Å². The Morgan fingerprint density at radius 2 is 1.93 bits per heavy atom. The van der Waals surface area contributed by atoms with Crippen LogP contribution in [0.25, 0.3) is 0 Å². The van der Waals surface area contributed by atoms with E-state index in [1.807, 2.05) is 0 Å². The van der Waals surface area contributed by atoms with Gasteiger partial charge in [0.15, 0.2) is 0 Å². The van der Waals surface area contributed by atoms with Gasteiger partial charge >= 0.3 is 5.96 Å². The van der Waals surface area contributed by atoms with Crippen molar-refractivity contribution in [3.05, 3.63) is 0 Å². The van der Waals surface area contributed by atoms with E-state index >= 15 is 0 Å². The molecule has 1 atom stereocenters. The van der Waals surface area contributed by atoms with Gasteiger partial charge in [0.25, 0.3) is 0 Å². The summed E-state index contributed by atoms with van der Waals surface area (Å²) in [6.45, 7) is 10.1. The average molecular weight is 198 g/mol. The Balaban J connectivity index is 2.87. The molecular formula is C11H24N3+. The molecule has 1 heterocycles. The van der Waals surface area contributed by atoms with Crippen molar-refractivity contribution in [3.63, 3.8) is 0 Å². The molecule has 0 bridgehead atoms. The largest absolute Gasteiger partial charge is 0.350 e. The monoisotopic (exact) mass is 198 g/mol. The second-order valence-electron chi connectivity index (χ2n) is 4.03. The molecule has 0 N–H and O–H groups in total. The SMILES string of the molecule is CCC1CN(C)C(N(CC)CC)=[N+]1C. The molecule has 14 heavy (non-hydrogen) atoms. The van der Waals surface area contributed by atoms with Crippen molar-refractivity contribution >= 4 is 5.96 Å². The topological polar surface area (TPSA) is 9.49 Å². The molecule has 1 rings (SSSR count). The Labute approximate surface area is 88.0 Å². The summed E-state index contributed by atoms with van der Waals surface area (Å²) < 4.78 is 2.42. The summed E-state index contributed by atoms with van der Waals surface area (Å²) in [4.78, 5) is 4.80. The Kier molecular flexibility index (Phi) is 3.78. The quantitative estimate of drug-likeness (QED) is 0.627. The first-order chi connectivity index (χ1) is 6.65. The summed E-state index contributed by atoms with van der Waals surface area (Å²) in [5.74, 6) is 1.39. The number of hydrogen-bond donors (Lipinski definition) is 0. The van der Waals surface area contributed by atoms with Gasteiger partial charge in [-0.3, -0.25) is 14.4 Å². The Morgan fingerprint density at radius 3 is 2.29 bits per heavy atom. The van der Waals surface area contributed by atoms with Crippen LogP contribution in [0.1, 0.15) is 27.2 Å². The number of guanidine groups is 1. The summed E-state index contributed by atoms with van der Waals surface area (Å²) in [7, 11) is 4.41. The van der Waals surface area contributed by atoms with E-state index in [1.165, 1.54) is 18.9 Å². The van der Waals surface area contributed by atoms with Gasteiger partial charge in [-0.15, -0.1) is 0 Å². The predicted octanol–water partition coefficient (Wildman–Crippen LogP) is 1.05. The van der Waals surface area contributed by atoms with Crippen LogP contribution in [-0.4, -0.2) is 60.1 Å². The molecule has 1 aliphatic heterocycles. The van der Waals surface area contributed by atoms with Crippen molar-refractivity contribution in [1.29, 1.82) is 0 Å². The van der Waals surface area contributed by atoms with Crippen LogP contribution in [0.15, 0.2) is 0 Å². The van der Waals surface area contributed by atoms with Gasteiger partial charge in [0.05, 0.1) is 33.7 Å². The first-order valence-electron chi connectivity index (χ1n) is 5.71. The number of rotatable bonds is 3. The Hall–Kier alpha value is -0.730. The Morgan fingerprint density at radius 1 is 1.36 bits per heavy atom. The summed E-state index contributed by atoms with van der Waals surface area (Å²) in [6.07, 6.45) is 1.23. The fourth-order valence-corrected chi connectivity index (χ4v) is 2.33. The molecule has 3 heteroatoms. The van der Waals surface area contributed by atoms with Crippen LogP contribution in [0.2, 0.25) is 0 Å². The van der Waals surface area contributed by atoms with E-state index in [-0.39, 0.29) is 0 Å². The van der Waals surface area contributed by atoms with Crippen LogP contribution in [-0.2, 0) is 0 Å². The lowest BCUT2D eigenvalue weighted by atomic mass is 10.2. The average Bonchev–Trinajstić information content (AvgIpc) is 2.46. The first kappa shape index (κ1) is 11.3. The highest BCUT2D eigenvalue weighted by molar-refractivity contribution is 5.76. The summed E-state index contributed by atoms with van der Waals surface area (Å²) in [5.41, 5.74) is 0. The van der Waals surface area contributed by atoms with Crippen molar-refractivity contribution in [1.82, 2.24) is 9.80 Å². The standard InChI is InChI=1S/C11H24N3/c1-6-10-9-12(4)11(13(10)5)14(7-2)8-3/h10H,6-9H2,1-5H3/q+1. The van der Waals surface area contributed by atoms with Crippen molar-refractivity contribution in [2.75, 3.05) is 33.7 Å². The molecule has 0 aromatic rings. The second-order valence-corrected chi connectivity index (χ2v) is 4.03. The Bertz CT molecular complexity index is 219. The van der Waals surface area contributed by atoms with Crippen LogP contribution >= 0.6 is 0 Å². The zero-order valence-electron chi connectivity index (χ0n) is 10.2. The van der Waals surface area contributed by atoms with Crippen molar-refractivity contribution in [3.8, 4) is 0 Å². The normalized spacial score (nSPS) is 22.1. The van der Waals surface area contributed by atoms with E-state index in [1.54, 1.807) is 0 Å². The highest BCUT2D eigenvalue weighted by atomic mass is 15.4. The molecule has 3 nitrogen and oxygen atoms in total. The van der Waals surface area contributed by atoms with Crippen LogP contribution in [0.4, 0.5) is 0 Å². The third-order valence-electron chi connectivity index (χ3n) is 3.21. The lowest BCUT2D eigenvalue weighted by molar-refractivity contribution is -0.531. The van der Waals surface area contributed by atoms with Gasteiger partial charge in [0.1, 0.15) is 6.04 Å². The van der Waals surface area contributed by atoms with E-state index in [4.69, 9.17) is 0 Å². The third-order valence-corrected chi connectivity index (χ3v) is 3.21. The second kappa shape index (κ2) is 4.67. The fourth-order valence-electron chi connectivity index (χ4n) is 2.33. The van der Waals surface area contributed by atoms with Crippen LogP contribution in [0.3, 0.4) is 0 Å². The van der Waals surface area contributed by atoms with Gasteiger partial charge < -0.3 is 0 Å². The molecular weight excluding hydrogens is 174 g/mol. The number of nitrogens with zero attached hydrogens (tertiary/aromatic N) is 3. The maximum absolute atomic E-state index is 2.43. The van der Waals surface area contributed by atoms with Crippen molar-refractivity contribution in [2.45, 2.75) is 33.2 Å². The first-order valence-corrected chi connectivity index (χ1v) is 5.71. The molecule has 0 aromatic heterocycles. The molecule has 0 aliphatic carbocycles. The minimum absolute atomic E-state index is 0.690. The number of likely N-dealkylation sites (N-methyl/N-ethyl adjacent to an activating group) is 2. The van der Waals surface area contributed by atoms with Crippen molar-refractivity contribution in [2.24, 2.45) is 0 Å². The van der Waals surface area contributed by atoms with Crippen molar-refractivity contribution < 1.29 is 4.58 Å². The van der Waals surface area contributed by atoms with Gasteiger partial charge in [-0.05, 0) is 20.3 Å². The zero-order valence-corrected chi connectivity index (χ0v) is 10.2. The van der Waals surface area contributed by atoms with Gasteiger partial charge in [0.2, 0.25) is 0 Å². The molecule has 0 saturated carbocycles. The lowest BCUT2D eigenvalue weighted by Crippen LogP contribution is -2.42. The fraction of sp³-hybridized carbons (Fsp3) is 0.909. The van der Waals surface area contributed by atoms with Crippen LogP contribution in [0.5, 0.6) is 0 Å². The molecule has 0 spiro atoms. The lowest BCUT2D eigenvalue weighted by Gasteiger charge is -2.19. The third kappa shape index (κ3) is 1.86. The van der Waals surface area contributed by atoms with Crippen LogP contribution < -0.4 is 0 Å². The summed E-state index contributed by atoms with van der Waals surface area (Å²) in [5, 5.41) is 0. The molecule has 1 unspecified atom stereocenters. The van der Waals surface area contributed by atoms with Crippen LogP contribution in [0, 0.1) is 0 Å². The highest BCUT2D eigenvalue weighted by Crippen LogP contribution is 2.11. The summed E-state index contributed by atoms with van der Waals surface area (Å²) in [6, 6.07) is 0.690. The van der Waals surface area contributed by atoms with Gasteiger partial charge in [0, 0.05) is 0 Å². The predicted molar refractivity (Wildman–Crippen MR) is 60.8 cm³/mol. The smallest absolute Gasteiger partial charge is 0.265 e. The summed E-state index contributed by atoms with van der Waals surface area (Å²) >= 11 is 0. The van der Waals surface area contributed by atoms with Gasteiger partial charge in [-0.25, -0.2) is 0 Å². The molecule has 0 fully saturated rings. The minimum Gasteiger partial charge on any atom is -0.265 e. The molecule has 1 aliphatic rings. The molecule has 0 saturated heterocycles. The minimum atomic E-state index is 0.690. The maximum atomic E-state index is 2.43. The number of hydrogen-bond acceptors (Lipinski definition) is 2. The van der Waals surface area contributed by atoms with E-state index < -0.39 is 0 Å². The van der Waals surface area contributed by atoms with E-state index in [0.29, 0.717) is 6.04 Å². The molecule has 0 aromatic carbocycles. The molecule has 82 valence electrons. The zero-order chi connectivity index (χ0) is 10.7. The highest BCUT2D eigenvalue weighted by Gasteiger charge is 2.34.